The zero-order valence-electron chi connectivity index (χ0n) is 7.89. The van der Waals surface area contributed by atoms with E-state index in [1.165, 1.54) is 4.68 Å². The van der Waals surface area contributed by atoms with Crippen LogP contribution in [0.3, 0.4) is 0 Å². The summed E-state index contributed by atoms with van der Waals surface area (Å²) in [7, 11) is 0. The van der Waals surface area contributed by atoms with Crippen LogP contribution in [0.25, 0.3) is 0 Å². The maximum Gasteiger partial charge on any atom is 0.368 e. The highest BCUT2D eigenvalue weighted by Gasteiger charge is 2.24. The lowest BCUT2D eigenvalue weighted by Gasteiger charge is -2.00. The zero-order chi connectivity index (χ0) is 10.0. The molecule has 0 N–H and O–H groups in total. The molecule has 13 heavy (non-hydrogen) atoms. The van der Waals surface area contributed by atoms with Crippen molar-refractivity contribution in [1.29, 1.82) is 0 Å². The van der Waals surface area contributed by atoms with Crippen molar-refractivity contribution in [3.05, 3.63) is 15.8 Å². The molecule has 1 aromatic rings. The topological polar surface area (TPSA) is 73.8 Å². The Bertz CT molecular complexity index is 318. The van der Waals surface area contributed by atoms with Gasteiger partial charge in [0, 0.05) is 5.21 Å². The largest absolute Gasteiger partial charge is 0.368 e. The average molecular weight is 184 g/mol. The fraction of sp³-hybridized carbons (Fsp3) is 0.714. The number of nitrogens with zero attached hydrogens (tertiary/aromatic N) is 4. The molecular weight excluding hydrogens is 172 g/mol. The Labute approximate surface area is 75.7 Å². The first-order chi connectivity index (χ1) is 6.07. The van der Waals surface area contributed by atoms with Crippen molar-refractivity contribution in [3.63, 3.8) is 0 Å². The van der Waals surface area contributed by atoms with Crippen LogP contribution in [0.4, 0.5) is 5.82 Å². The van der Waals surface area contributed by atoms with E-state index in [1.54, 1.807) is 0 Å². The fourth-order valence-electron chi connectivity index (χ4n) is 1.09. The highest BCUT2D eigenvalue weighted by molar-refractivity contribution is 5.25. The molecule has 0 aliphatic rings. The van der Waals surface area contributed by atoms with E-state index in [2.05, 4.69) is 10.3 Å². The summed E-state index contributed by atoms with van der Waals surface area (Å²) in [5.41, 5.74) is 0.443. The summed E-state index contributed by atoms with van der Waals surface area (Å²) in [5, 5.41) is 18.2. The van der Waals surface area contributed by atoms with Gasteiger partial charge in [-0.15, -0.1) is 9.78 Å². The van der Waals surface area contributed by atoms with E-state index < -0.39 is 4.92 Å². The average Bonchev–Trinajstić information content (AvgIpc) is 2.46. The summed E-state index contributed by atoms with van der Waals surface area (Å²) < 4.78 is 1.33. The number of rotatable bonds is 3. The Morgan fingerprint density at radius 3 is 2.62 bits per heavy atom. The highest BCUT2D eigenvalue weighted by Crippen LogP contribution is 2.19. The number of aryl methyl sites for hydroxylation is 1. The van der Waals surface area contributed by atoms with E-state index in [-0.39, 0.29) is 11.9 Å². The van der Waals surface area contributed by atoms with Gasteiger partial charge in [-0.3, -0.25) is 0 Å². The van der Waals surface area contributed by atoms with Crippen LogP contribution >= 0.6 is 0 Å². The number of aromatic nitrogens is 3. The standard InChI is InChI=1S/C7H12N4O2/c1-4-6-7(11(12)13)10(5(2)3)9-8-6/h5H,4H2,1-3H3. The third-order valence-electron chi connectivity index (χ3n) is 1.73. The molecule has 0 saturated heterocycles. The summed E-state index contributed by atoms with van der Waals surface area (Å²) in [6.45, 7) is 5.49. The van der Waals surface area contributed by atoms with Crippen molar-refractivity contribution in [2.45, 2.75) is 33.2 Å². The minimum absolute atomic E-state index is 0.0116. The van der Waals surface area contributed by atoms with E-state index in [1.807, 2.05) is 20.8 Å². The first-order valence-corrected chi connectivity index (χ1v) is 4.16. The first-order valence-electron chi connectivity index (χ1n) is 4.16. The van der Waals surface area contributed by atoms with Gasteiger partial charge in [-0.1, -0.05) is 6.92 Å². The molecule has 1 aromatic heterocycles. The molecule has 0 aliphatic carbocycles. The maximum atomic E-state index is 10.7. The second-order valence-electron chi connectivity index (χ2n) is 3.01. The minimum atomic E-state index is -0.432. The molecule has 0 amide bonds. The SMILES string of the molecule is CCc1nnn(C(C)C)c1[N+](=O)[O-]. The van der Waals surface area contributed by atoms with Crippen LogP contribution in [-0.2, 0) is 6.42 Å². The predicted octanol–water partition coefficient (Wildman–Crippen LogP) is 1.33. The molecule has 0 saturated carbocycles. The molecule has 1 heterocycles. The summed E-state index contributed by atoms with van der Waals surface area (Å²) in [6.07, 6.45) is 0.531. The molecule has 6 heteroatoms. The lowest BCUT2D eigenvalue weighted by atomic mass is 10.3. The molecule has 72 valence electrons. The first kappa shape index (κ1) is 9.63. The Morgan fingerprint density at radius 1 is 1.62 bits per heavy atom. The fourth-order valence-corrected chi connectivity index (χ4v) is 1.09. The highest BCUT2D eigenvalue weighted by atomic mass is 16.6. The van der Waals surface area contributed by atoms with Crippen molar-refractivity contribution in [2.24, 2.45) is 0 Å². The Morgan fingerprint density at radius 2 is 2.23 bits per heavy atom. The van der Waals surface area contributed by atoms with E-state index in [0.29, 0.717) is 12.1 Å². The molecule has 0 bridgehead atoms. The predicted molar refractivity (Wildman–Crippen MR) is 46.4 cm³/mol. The van der Waals surface area contributed by atoms with Crippen molar-refractivity contribution >= 4 is 5.82 Å². The van der Waals surface area contributed by atoms with Gasteiger partial charge in [-0.25, -0.2) is 0 Å². The van der Waals surface area contributed by atoms with Gasteiger partial charge < -0.3 is 10.1 Å². The van der Waals surface area contributed by atoms with Crippen LogP contribution in [0.1, 0.15) is 32.5 Å². The van der Waals surface area contributed by atoms with Crippen molar-refractivity contribution in [2.75, 3.05) is 0 Å². The second kappa shape index (κ2) is 3.51. The van der Waals surface area contributed by atoms with Crippen LogP contribution in [0.15, 0.2) is 0 Å². The smallest absolute Gasteiger partial charge is 0.358 e. The number of hydrogen-bond acceptors (Lipinski definition) is 4. The second-order valence-corrected chi connectivity index (χ2v) is 3.01. The van der Waals surface area contributed by atoms with Gasteiger partial charge in [-0.2, -0.15) is 0 Å². The van der Waals surface area contributed by atoms with Gasteiger partial charge in [0.2, 0.25) is 0 Å². The van der Waals surface area contributed by atoms with E-state index in [4.69, 9.17) is 0 Å². The number of hydrogen-bond donors (Lipinski definition) is 0. The Kier molecular flexibility index (Phi) is 2.60. The van der Waals surface area contributed by atoms with E-state index >= 15 is 0 Å². The molecule has 0 spiro atoms. The maximum absolute atomic E-state index is 10.7. The minimum Gasteiger partial charge on any atom is -0.358 e. The van der Waals surface area contributed by atoms with Crippen LogP contribution in [0, 0.1) is 10.1 Å². The Hall–Kier alpha value is -1.46. The summed E-state index contributed by atoms with van der Waals surface area (Å²) in [5.74, 6) is 0.0116. The normalized spacial score (nSPS) is 10.8. The van der Waals surface area contributed by atoms with Crippen LogP contribution < -0.4 is 0 Å². The van der Waals surface area contributed by atoms with Crippen molar-refractivity contribution < 1.29 is 4.92 Å². The molecule has 6 nitrogen and oxygen atoms in total. The quantitative estimate of drug-likeness (QED) is 0.524. The molecule has 0 atom stereocenters. The van der Waals surface area contributed by atoms with E-state index in [0.717, 1.165) is 0 Å². The third kappa shape index (κ3) is 1.66. The Balaban J connectivity index is 3.22. The van der Waals surface area contributed by atoms with Crippen molar-refractivity contribution in [3.8, 4) is 0 Å². The monoisotopic (exact) mass is 184 g/mol. The van der Waals surface area contributed by atoms with Crippen LogP contribution in [0.2, 0.25) is 0 Å². The summed E-state index contributed by atoms with van der Waals surface area (Å²) in [6, 6.07) is -0.0341. The molecule has 0 aliphatic heterocycles. The molecular formula is C7H12N4O2. The summed E-state index contributed by atoms with van der Waals surface area (Å²) in [4.78, 5) is 10.2. The van der Waals surface area contributed by atoms with Crippen molar-refractivity contribution in [1.82, 2.24) is 15.0 Å². The third-order valence-corrected chi connectivity index (χ3v) is 1.73. The molecule has 0 radical (unpaired) electrons. The summed E-state index contributed by atoms with van der Waals surface area (Å²) >= 11 is 0. The van der Waals surface area contributed by atoms with E-state index in [9.17, 15) is 10.1 Å². The lowest BCUT2D eigenvalue weighted by molar-refractivity contribution is -0.393. The molecule has 0 unspecified atom stereocenters. The van der Waals surface area contributed by atoms with Gasteiger partial charge in [0.1, 0.15) is 6.04 Å². The van der Waals surface area contributed by atoms with Crippen LogP contribution in [-0.4, -0.2) is 19.9 Å². The van der Waals surface area contributed by atoms with Crippen LogP contribution in [0.5, 0.6) is 0 Å². The molecule has 0 fully saturated rings. The van der Waals surface area contributed by atoms with Gasteiger partial charge in [0.15, 0.2) is 5.69 Å². The van der Waals surface area contributed by atoms with Gasteiger partial charge in [0.05, 0.1) is 0 Å². The van der Waals surface area contributed by atoms with Gasteiger partial charge >= 0.3 is 5.82 Å². The van der Waals surface area contributed by atoms with Gasteiger partial charge in [-0.05, 0) is 25.2 Å². The molecule has 0 aromatic carbocycles. The number of nitro groups is 1. The van der Waals surface area contributed by atoms with Gasteiger partial charge in [0.25, 0.3) is 0 Å². The lowest BCUT2D eigenvalue weighted by Crippen LogP contribution is -2.07. The molecule has 1 rings (SSSR count). The zero-order valence-corrected chi connectivity index (χ0v) is 7.89.